The molecule has 0 spiro atoms. The number of aliphatic hydroxyl groups is 1. The Morgan fingerprint density at radius 1 is 0.900 bits per heavy atom. The van der Waals surface area contributed by atoms with Crippen molar-refractivity contribution in [2.45, 2.75) is 25.7 Å². The van der Waals surface area contributed by atoms with Crippen LogP contribution in [0, 0.1) is 6.92 Å². The maximum Gasteiger partial charge on any atom is 0.126 e. The molecule has 0 heterocycles. The van der Waals surface area contributed by atoms with E-state index in [0.717, 1.165) is 23.4 Å². The van der Waals surface area contributed by atoms with Gasteiger partial charge in [-0.3, -0.25) is 0 Å². The molecule has 30 heavy (non-hydrogen) atoms. The Hall–Kier alpha value is -2.66. The van der Waals surface area contributed by atoms with E-state index in [4.69, 9.17) is 9.47 Å². The summed E-state index contributed by atoms with van der Waals surface area (Å²) in [5, 5.41) is 10.6. The van der Waals surface area contributed by atoms with Crippen molar-refractivity contribution in [1.82, 2.24) is 0 Å². The first kappa shape index (κ1) is 22.0. The molecule has 0 aromatic heterocycles. The highest BCUT2D eigenvalue weighted by Crippen LogP contribution is 2.26. The Balaban J connectivity index is 1.59. The van der Waals surface area contributed by atoms with E-state index in [-0.39, 0.29) is 12.7 Å². The zero-order chi connectivity index (χ0) is 21.3. The van der Waals surface area contributed by atoms with E-state index in [1.165, 1.54) is 16.0 Å². The Morgan fingerprint density at radius 2 is 1.60 bits per heavy atom. The molecule has 0 fully saturated rings. The first-order chi connectivity index (χ1) is 14.5. The molecular weight excluding hydrogens is 374 g/mol. The number of aryl methyl sites for hydroxylation is 1. The molecular formula is C26H32NO3+. The van der Waals surface area contributed by atoms with Crippen LogP contribution in [0.4, 0.5) is 0 Å². The molecule has 0 amide bonds. The lowest BCUT2D eigenvalue weighted by atomic mass is 10.0. The summed E-state index contributed by atoms with van der Waals surface area (Å²) in [6.07, 6.45) is -0.743. The van der Waals surface area contributed by atoms with Crippen LogP contribution in [0.15, 0.2) is 78.9 Å². The second-order valence-corrected chi connectivity index (χ2v) is 7.88. The molecule has 0 aliphatic heterocycles. The molecule has 0 bridgehead atoms. The van der Waals surface area contributed by atoms with Gasteiger partial charge < -0.3 is 19.5 Å². The molecule has 2 N–H and O–H groups in total. The van der Waals surface area contributed by atoms with Crippen molar-refractivity contribution in [3.63, 3.8) is 0 Å². The predicted molar refractivity (Wildman–Crippen MR) is 120 cm³/mol. The van der Waals surface area contributed by atoms with Crippen molar-refractivity contribution in [3.8, 4) is 5.75 Å². The van der Waals surface area contributed by atoms with Crippen LogP contribution < -0.4 is 9.64 Å². The fraction of sp³-hybridized carbons (Fsp3) is 0.308. The number of aliphatic hydroxyl groups excluding tert-OH is 1. The van der Waals surface area contributed by atoms with Crippen LogP contribution in [0.3, 0.4) is 0 Å². The van der Waals surface area contributed by atoms with Crippen molar-refractivity contribution in [3.05, 3.63) is 101 Å². The Kier molecular flexibility index (Phi) is 8.03. The number of hydrogen-bond donors (Lipinski definition) is 2. The van der Waals surface area contributed by atoms with Crippen LogP contribution in [0.2, 0.25) is 0 Å². The summed E-state index contributed by atoms with van der Waals surface area (Å²) in [7, 11) is 3.76. The van der Waals surface area contributed by atoms with Crippen LogP contribution in [0.5, 0.6) is 5.75 Å². The monoisotopic (exact) mass is 406 g/mol. The molecule has 3 aromatic rings. The zero-order valence-corrected chi connectivity index (χ0v) is 18.0. The van der Waals surface area contributed by atoms with Gasteiger partial charge >= 0.3 is 0 Å². The van der Waals surface area contributed by atoms with E-state index >= 15 is 0 Å². The highest BCUT2D eigenvalue weighted by molar-refractivity contribution is 5.32. The summed E-state index contributed by atoms with van der Waals surface area (Å²) in [6.45, 7) is 3.77. The minimum Gasteiger partial charge on any atom is -0.497 e. The lowest BCUT2D eigenvalue weighted by molar-refractivity contribution is -0.897. The fourth-order valence-electron chi connectivity index (χ4n) is 3.63. The van der Waals surface area contributed by atoms with Crippen LogP contribution in [-0.2, 0) is 11.3 Å². The summed E-state index contributed by atoms with van der Waals surface area (Å²) in [6, 6.07) is 26.6. The van der Waals surface area contributed by atoms with Crippen molar-refractivity contribution in [2.24, 2.45) is 0 Å². The molecule has 0 radical (unpaired) electrons. The third-order valence-electron chi connectivity index (χ3n) is 5.16. The zero-order valence-electron chi connectivity index (χ0n) is 18.0. The highest BCUT2D eigenvalue weighted by atomic mass is 16.5. The first-order valence-corrected chi connectivity index (χ1v) is 10.4. The number of ether oxygens (including phenoxy) is 2. The second-order valence-electron chi connectivity index (χ2n) is 7.88. The molecule has 3 aromatic carbocycles. The summed E-state index contributed by atoms with van der Waals surface area (Å²) in [5.41, 5.74) is 4.58. The molecule has 0 aliphatic carbocycles. The first-order valence-electron chi connectivity index (χ1n) is 10.4. The van der Waals surface area contributed by atoms with Gasteiger partial charge in [-0.25, -0.2) is 0 Å². The molecule has 3 rings (SSSR count). The molecule has 0 aliphatic rings. The van der Waals surface area contributed by atoms with Crippen LogP contribution in [0.1, 0.15) is 28.4 Å². The normalized spacial score (nSPS) is 14.1. The summed E-state index contributed by atoms with van der Waals surface area (Å²) in [5.74, 6) is 0.855. The van der Waals surface area contributed by atoms with Crippen LogP contribution in [-0.4, -0.2) is 38.5 Å². The van der Waals surface area contributed by atoms with Gasteiger partial charge in [0.1, 0.15) is 31.0 Å². The minimum atomic E-state index is -0.549. The Labute approximate surface area is 179 Å². The average molecular weight is 407 g/mol. The minimum absolute atomic E-state index is 0.194. The topological polar surface area (TPSA) is 43.1 Å². The molecule has 4 nitrogen and oxygen atoms in total. The smallest absolute Gasteiger partial charge is 0.126 e. The quantitative estimate of drug-likeness (QED) is 0.544. The third-order valence-corrected chi connectivity index (χ3v) is 5.16. The average Bonchev–Trinajstić information content (AvgIpc) is 2.76. The van der Waals surface area contributed by atoms with Gasteiger partial charge in [-0.1, -0.05) is 72.3 Å². The van der Waals surface area contributed by atoms with E-state index < -0.39 is 6.10 Å². The largest absolute Gasteiger partial charge is 0.497 e. The Bertz CT molecular complexity index is 896. The number of nitrogens with one attached hydrogen (secondary N) is 1. The summed E-state index contributed by atoms with van der Waals surface area (Å²) < 4.78 is 11.5. The van der Waals surface area contributed by atoms with Gasteiger partial charge in [0.15, 0.2) is 0 Å². The van der Waals surface area contributed by atoms with Crippen molar-refractivity contribution >= 4 is 0 Å². The molecule has 4 heteroatoms. The number of benzene rings is 3. The van der Waals surface area contributed by atoms with Gasteiger partial charge in [-0.2, -0.15) is 0 Å². The summed E-state index contributed by atoms with van der Waals surface area (Å²) >= 11 is 0. The van der Waals surface area contributed by atoms with Gasteiger partial charge in [0.25, 0.3) is 0 Å². The molecule has 3 atom stereocenters. The van der Waals surface area contributed by atoms with Gasteiger partial charge in [-0.15, -0.1) is 0 Å². The number of rotatable bonds is 10. The second kappa shape index (κ2) is 10.9. The van der Waals surface area contributed by atoms with E-state index in [1.54, 1.807) is 7.11 Å². The van der Waals surface area contributed by atoms with Crippen molar-refractivity contribution in [2.75, 3.05) is 27.3 Å². The molecule has 1 unspecified atom stereocenters. The van der Waals surface area contributed by atoms with Gasteiger partial charge in [0.2, 0.25) is 0 Å². The van der Waals surface area contributed by atoms with Gasteiger partial charge in [0, 0.05) is 5.56 Å². The third kappa shape index (κ3) is 6.42. The van der Waals surface area contributed by atoms with Crippen molar-refractivity contribution in [1.29, 1.82) is 0 Å². The number of methoxy groups -OCH3 is 1. The molecule has 0 saturated carbocycles. The van der Waals surface area contributed by atoms with Crippen LogP contribution >= 0.6 is 0 Å². The number of likely N-dealkylation sites (N-methyl/N-ethyl adjacent to an activating group) is 1. The van der Waals surface area contributed by atoms with Crippen molar-refractivity contribution < 1.29 is 19.5 Å². The van der Waals surface area contributed by atoms with E-state index in [2.05, 4.69) is 56.4 Å². The van der Waals surface area contributed by atoms with Gasteiger partial charge in [-0.05, 0) is 30.2 Å². The Morgan fingerprint density at radius 3 is 2.30 bits per heavy atom. The maximum absolute atomic E-state index is 10.6. The SMILES string of the molecule is COc1cccc(C[NH+](C)C[C@H](O)CO[C@H](c2ccccc2)c2ccc(C)cc2)c1. The lowest BCUT2D eigenvalue weighted by Crippen LogP contribution is -3.08. The van der Waals surface area contributed by atoms with E-state index in [1.807, 2.05) is 36.4 Å². The predicted octanol–water partition coefficient (Wildman–Crippen LogP) is 3.19. The maximum atomic E-state index is 10.6. The van der Waals surface area contributed by atoms with E-state index in [9.17, 15) is 5.11 Å². The van der Waals surface area contributed by atoms with Crippen LogP contribution in [0.25, 0.3) is 0 Å². The molecule has 158 valence electrons. The lowest BCUT2D eigenvalue weighted by Gasteiger charge is -2.23. The van der Waals surface area contributed by atoms with E-state index in [0.29, 0.717) is 6.54 Å². The standard InChI is InChI=1S/C26H31NO3/c1-20-12-14-23(15-13-20)26(22-9-5-4-6-10-22)30-19-24(28)18-27(2)17-21-8-7-11-25(16-21)29-3/h4-16,24,26,28H,17-19H2,1-3H3/p+1/t24-,26+/m0/s1. The number of hydrogen-bond acceptors (Lipinski definition) is 3. The highest BCUT2D eigenvalue weighted by Gasteiger charge is 2.19. The summed E-state index contributed by atoms with van der Waals surface area (Å²) in [4.78, 5) is 1.21. The number of quaternary nitrogens is 1. The van der Waals surface area contributed by atoms with Gasteiger partial charge in [0.05, 0.1) is 20.8 Å². The fourth-order valence-corrected chi connectivity index (χ4v) is 3.63. The molecule has 0 saturated heterocycles.